The first-order valence-electron chi connectivity index (χ1n) is 15.1. The predicted octanol–water partition coefficient (Wildman–Crippen LogP) is 3.99. The second kappa shape index (κ2) is 13.3. The van der Waals surface area contributed by atoms with E-state index in [1.165, 1.54) is 6.07 Å². The quantitative estimate of drug-likeness (QED) is 0.181. The van der Waals surface area contributed by atoms with Crippen LogP contribution >= 0.6 is 0 Å². The van der Waals surface area contributed by atoms with E-state index in [4.69, 9.17) is 4.74 Å². The van der Waals surface area contributed by atoms with E-state index in [1.807, 2.05) is 38.4 Å². The summed E-state index contributed by atoms with van der Waals surface area (Å²) in [6, 6.07) is 12.1. The summed E-state index contributed by atoms with van der Waals surface area (Å²) in [5, 5.41) is 21.5. The number of anilines is 2. The van der Waals surface area contributed by atoms with Crippen LogP contribution in [0.25, 0.3) is 22.2 Å². The third kappa shape index (κ3) is 6.29. The number of aryl methyl sites for hydroxylation is 2. The zero-order valence-corrected chi connectivity index (χ0v) is 26.3. The number of rotatable bonds is 10. The Labute approximate surface area is 266 Å². The van der Waals surface area contributed by atoms with Crippen molar-refractivity contribution in [1.82, 2.24) is 39.8 Å². The van der Waals surface area contributed by atoms with Crippen molar-refractivity contribution >= 4 is 28.4 Å². The highest BCUT2D eigenvalue weighted by Gasteiger charge is 2.33. The maximum Gasteiger partial charge on any atom is 0.255 e. The average molecular weight is 628 g/mol. The first kappa shape index (κ1) is 31.1. The summed E-state index contributed by atoms with van der Waals surface area (Å²) in [5.41, 5.74) is 4.10. The lowest BCUT2D eigenvalue weighted by Gasteiger charge is -2.41. The zero-order valence-electron chi connectivity index (χ0n) is 26.3. The van der Waals surface area contributed by atoms with Crippen LogP contribution in [-0.2, 0) is 11.8 Å². The molecule has 0 unspecified atom stereocenters. The molecule has 6 rings (SSSR count). The third-order valence-corrected chi connectivity index (χ3v) is 8.54. The monoisotopic (exact) mass is 627 g/mol. The lowest BCUT2D eigenvalue weighted by molar-refractivity contribution is -0.00305. The summed E-state index contributed by atoms with van der Waals surface area (Å²) in [4.78, 5) is 29.8. The van der Waals surface area contributed by atoms with Gasteiger partial charge >= 0.3 is 0 Å². The summed E-state index contributed by atoms with van der Waals surface area (Å²) in [6.07, 6.45) is 4.26. The highest BCUT2D eigenvalue weighted by Crippen LogP contribution is 2.36. The molecule has 13 heteroatoms. The average Bonchev–Trinajstić information content (AvgIpc) is 3.62. The predicted molar refractivity (Wildman–Crippen MR) is 174 cm³/mol. The van der Waals surface area contributed by atoms with Crippen molar-refractivity contribution in [3.05, 3.63) is 83.7 Å². The molecule has 0 aliphatic carbocycles. The molecule has 240 valence electrons. The van der Waals surface area contributed by atoms with Crippen LogP contribution in [-0.4, -0.2) is 98.5 Å². The zero-order chi connectivity index (χ0) is 32.4. The number of phenols is 1. The number of aromatic nitrogens is 5. The Bertz CT molecular complexity index is 1850. The number of fused-ring (bicyclic) bond motifs is 1. The van der Waals surface area contributed by atoms with Crippen molar-refractivity contribution in [3.63, 3.8) is 0 Å². The Morgan fingerprint density at radius 1 is 1.13 bits per heavy atom. The van der Waals surface area contributed by atoms with Crippen LogP contribution in [0.1, 0.15) is 27.7 Å². The van der Waals surface area contributed by atoms with Gasteiger partial charge in [-0.25, -0.2) is 14.4 Å². The van der Waals surface area contributed by atoms with Gasteiger partial charge in [0.05, 0.1) is 34.7 Å². The van der Waals surface area contributed by atoms with Gasteiger partial charge in [-0.05, 0) is 26.1 Å². The number of nitrogens with one attached hydrogen (secondary N) is 3. The Kier molecular flexibility index (Phi) is 8.97. The fourth-order valence-corrected chi connectivity index (χ4v) is 6.10. The molecule has 2 atom stereocenters. The largest absolute Gasteiger partial charge is 0.507 e. The number of phenolic OH excluding ortho intramolecular Hbond substituents is 1. The van der Waals surface area contributed by atoms with Gasteiger partial charge in [-0.3, -0.25) is 14.4 Å². The Morgan fingerprint density at radius 3 is 2.63 bits per heavy atom. The minimum Gasteiger partial charge on any atom is -0.507 e. The van der Waals surface area contributed by atoms with E-state index in [0.717, 1.165) is 60.2 Å². The molecule has 12 nitrogen and oxygen atoms in total. The molecule has 3 aromatic heterocycles. The van der Waals surface area contributed by atoms with Crippen molar-refractivity contribution < 1.29 is 19.0 Å². The molecule has 1 amide bonds. The van der Waals surface area contributed by atoms with Gasteiger partial charge in [0, 0.05) is 75.8 Å². The smallest absolute Gasteiger partial charge is 0.255 e. The highest BCUT2D eigenvalue weighted by atomic mass is 19.1. The van der Waals surface area contributed by atoms with Gasteiger partial charge < -0.3 is 30.4 Å². The number of nitrogens with zero attached hydrogens (tertiary/aromatic N) is 6. The number of methoxy groups -OCH3 is 1. The van der Waals surface area contributed by atoms with Crippen molar-refractivity contribution in [2.75, 3.05) is 52.2 Å². The number of hydrogen-bond acceptors (Lipinski definition) is 9. The van der Waals surface area contributed by atoms with Crippen LogP contribution in [0.2, 0.25) is 0 Å². The number of H-pyrrole nitrogens is 1. The number of benzene rings is 2. The Hall–Kier alpha value is -4.85. The molecule has 1 fully saturated rings. The van der Waals surface area contributed by atoms with Crippen molar-refractivity contribution in [1.29, 1.82) is 0 Å². The molecular weight excluding hydrogens is 589 g/mol. The molecule has 0 saturated carbocycles. The molecule has 1 aliphatic rings. The molecule has 1 saturated heterocycles. The summed E-state index contributed by atoms with van der Waals surface area (Å²) in [5.74, 6) is -0.736. The third-order valence-electron chi connectivity index (χ3n) is 8.54. The number of carbonyl (C=O) groups excluding carboxylic acids is 1. The van der Waals surface area contributed by atoms with E-state index in [1.54, 1.807) is 36.2 Å². The summed E-state index contributed by atoms with van der Waals surface area (Å²) in [6.45, 7) is 5.48. The van der Waals surface area contributed by atoms with Gasteiger partial charge in [-0.1, -0.05) is 30.3 Å². The summed E-state index contributed by atoms with van der Waals surface area (Å²) in [7, 11) is 5.57. The van der Waals surface area contributed by atoms with Crippen LogP contribution in [0.15, 0.2) is 61.1 Å². The maximum absolute atomic E-state index is 15.3. The van der Waals surface area contributed by atoms with Gasteiger partial charge in [0.2, 0.25) is 5.95 Å². The van der Waals surface area contributed by atoms with E-state index in [-0.39, 0.29) is 41.4 Å². The molecule has 4 N–H and O–H groups in total. The van der Waals surface area contributed by atoms with Gasteiger partial charge in [0.1, 0.15) is 17.5 Å². The maximum atomic E-state index is 15.3. The van der Waals surface area contributed by atoms with Gasteiger partial charge in [-0.2, -0.15) is 5.10 Å². The van der Waals surface area contributed by atoms with Gasteiger partial charge in [0.25, 0.3) is 5.91 Å². The molecule has 4 heterocycles. The first-order valence-corrected chi connectivity index (χ1v) is 15.1. The van der Waals surface area contributed by atoms with Crippen LogP contribution in [0.5, 0.6) is 5.75 Å². The van der Waals surface area contributed by atoms with E-state index < -0.39 is 11.9 Å². The number of para-hydroxylation sites is 2. The molecular formula is C33H38FN9O3. The Morgan fingerprint density at radius 2 is 1.91 bits per heavy atom. The van der Waals surface area contributed by atoms with Crippen LogP contribution in [0, 0.1) is 12.7 Å². The van der Waals surface area contributed by atoms with Gasteiger partial charge in [0.15, 0.2) is 5.82 Å². The normalized spacial score (nSPS) is 15.6. The van der Waals surface area contributed by atoms with E-state index in [0.29, 0.717) is 5.56 Å². The molecule has 0 radical (unpaired) electrons. The number of halogens is 1. The van der Waals surface area contributed by atoms with Crippen LogP contribution < -0.4 is 10.6 Å². The highest BCUT2D eigenvalue weighted by molar-refractivity contribution is 5.97. The number of aromatic amines is 1. The van der Waals surface area contributed by atoms with E-state index in [2.05, 4.69) is 47.5 Å². The van der Waals surface area contributed by atoms with E-state index in [9.17, 15) is 9.90 Å². The topological polar surface area (TPSA) is 136 Å². The van der Waals surface area contributed by atoms with Crippen molar-refractivity contribution in [3.8, 4) is 17.0 Å². The van der Waals surface area contributed by atoms with Crippen LogP contribution in [0.3, 0.4) is 0 Å². The lowest BCUT2D eigenvalue weighted by atomic mass is 9.96. The van der Waals surface area contributed by atoms with Gasteiger partial charge in [-0.15, -0.1) is 0 Å². The SMILES string of the molecule is CO[C@@H](c1cccc2c(-c3nc(Nc4cn(C)nc4C)ncc3F)c[nH]c12)[C@H](CNC(=O)c1ccccc1O)N1CCN(C)CC1. The number of likely N-dealkylation sites (N-methyl/N-ethyl adjacent to an activating group) is 1. The van der Waals surface area contributed by atoms with Crippen LogP contribution in [0.4, 0.5) is 16.0 Å². The number of ether oxygens (including phenoxy) is 1. The fourth-order valence-electron chi connectivity index (χ4n) is 6.10. The van der Waals surface area contributed by atoms with Crippen molar-refractivity contribution in [2.24, 2.45) is 7.05 Å². The number of aromatic hydroxyl groups is 1. The standard InChI is InChI=1S/C33H38FN9O3/c1-20-26(19-42(3)40-20)38-33-37-17-25(34)30(39-33)24-16-35-29-21(24)9-7-10-23(29)31(46-4)27(43-14-12-41(2)13-15-43)18-36-32(45)22-8-5-6-11-28(22)44/h5-11,16-17,19,27,31,35,44H,12-15,18H2,1-4H3,(H,36,45)(H,37,38,39)/t27-,31-/m0/s1. The number of amides is 1. The van der Waals surface area contributed by atoms with Crippen molar-refractivity contribution in [2.45, 2.75) is 19.1 Å². The number of carbonyl (C=O) groups is 1. The Balaban J connectivity index is 1.33. The summed E-state index contributed by atoms with van der Waals surface area (Å²) < 4.78 is 23.2. The minimum atomic E-state index is -0.551. The molecule has 5 aromatic rings. The second-order valence-electron chi connectivity index (χ2n) is 11.6. The molecule has 1 aliphatic heterocycles. The number of hydrogen-bond donors (Lipinski definition) is 4. The summed E-state index contributed by atoms with van der Waals surface area (Å²) >= 11 is 0. The molecule has 2 aromatic carbocycles. The molecule has 0 bridgehead atoms. The minimum absolute atomic E-state index is 0.0750. The van der Waals surface area contributed by atoms with E-state index >= 15 is 4.39 Å². The molecule has 46 heavy (non-hydrogen) atoms. The fraction of sp³-hybridized carbons (Fsp3) is 0.333. The lowest BCUT2D eigenvalue weighted by Crippen LogP contribution is -2.54. The first-order chi connectivity index (χ1) is 22.2. The molecule has 0 spiro atoms. The number of piperazine rings is 1. The second-order valence-corrected chi connectivity index (χ2v) is 11.6.